The van der Waals surface area contributed by atoms with Gasteiger partial charge < -0.3 is 9.84 Å². The van der Waals surface area contributed by atoms with Crippen molar-refractivity contribution in [2.75, 3.05) is 19.7 Å². The van der Waals surface area contributed by atoms with Gasteiger partial charge in [0.1, 0.15) is 5.75 Å². The minimum absolute atomic E-state index is 0.220. The quantitative estimate of drug-likeness (QED) is 0.725. The van der Waals surface area contributed by atoms with E-state index in [-0.39, 0.29) is 18.0 Å². The van der Waals surface area contributed by atoms with Crippen LogP contribution in [0.2, 0.25) is 0 Å². The Morgan fingerprint density at radius 1 is 1.21 bits per heavy atom. The summed E-state index contributed by atoms with van der Waals surface area (Å²) in [5.41, 5.74) is 0. The smallest absolute Gasteiger partial charge is 0.306 e. The first-order valence-electron chi connectivity index (χ1n) is 8.41. The third-order valence-corrected chi connectivity index (χ3v) is 6.19. The number of rotatable bonds is 8. The summed E-state index contributed by atoms with van der Waals surface area (Å²) in [7, 11) is -3.57. The third-order valence-electron chi connectivity index (χ3n) is 4.28. The molecule has 1 aliphatic rings. The van der Waals surface area contributed by atoms with Gasteiger partial charge in [0.25, 0.3) is 0 Å². The van der Waals surface area contributed by atoms with Gasteiger partial charge in [-0.15, -0.1) is 0 Å². The molecule has 24 heavy (non-hydrogen) atoms. The SMILES string of the molecule is CCCCCOc1ccc(S(=O)(=O)N2CCC(C(=O)O)CC2)cc1. The highest BCUT2D eigenvalue weighted by Crippen LogP contribution is 2.25. The number of hydrogen-bond acceptors (Lipinski definition) is 4. The van der Waals surface area contributed by atoms with Crippen molar-refractivity contribution >= 4 is 16.0 Å². The Balaban J connectivity index is 1.96. The molecular formula is C17H25NO5S. The van der Waals surface area contributed by atoms with Crippen molar-refractivity contribution in [2.45, 2.75) is 43.9 Å². The van der Waals surface area contributed by atoms with Gasteiger partial charge >= 0.3 is 5.97 Å². The molecule has 134 valence electrons. The van der Waals surface area contributed by atoms with Crippen LogP contribution >= 0.6 is 0 Å². The van der Waals surface area contributed by atoms with Crippen molar-refractivity contribution in [3.05, 3.63) is 24.3 Å². The fraction of sp³-hybridized carbons (Fsp3) is 0.588. The van der Waals surface area contributed by atoms with Crippen LogP contribution in [0.3, 0.4) is 0 Å². The molecule has 1 N–H and O–H groups in total. The highest BCUT2D eigenvalue weighted by molar-refractivity contribution is 7.89. The molecule has 1 heterocycles. The van der Waals surface area contributed by atoms with Gasteiger partial charge in [-0.2, -0.15) is 4.31 Å². The van der Waals surface area contributed by atoms with Gasteiger partial charge in [0.15, 0.2) is 0 Å². The summed E-state index contributed by atoms with van der Waals surface area (Å²) in [5.74, 6) is -0.637. The van der Waals surface area contributed by atoms with E-state index in [0.717, 1.165) is 19.3 Å². The zero-order valence-electron chi connectivity index (χ0n) is 14.0. The van der Waals surface area contributed by atoms with Crippen LogP contribution in [0.5, 0.6) is 5.75 Å². The Kier molecular flexibility index (Phi) is 6.62. The van der Waals surface area contributed by atoms with E-state index in [2.05, 4.69) is 6.92 Å². The van der Waals surface area contributed by atoms with Crippen LogP contribution in [0.15, 0.2) is 29.2 Å². The van der Waals surface area contributed by atoms with Crippen molar-refractivity contribution in [2.24, 2.45) is 5.92 Å². The van der Waals surface area contributed by atoms with Gasteiger partial charge in [-0.3, -0.25) is 4.79 Å². The number of sulfonamides is 1. The minimum Gasteiger partial charge on any atom is -0.494 e. The van der Waals surface area contributed by atoms with Gasteiger partial charge in [-0.25, -0.2) is 8.42 Å². The van der Waals surface area contributed by atoms with Crippen LogP contribution in [0, 0.1) is 5.92 Å². The lowest BCUT2D eigenvalue weighted by atomic mass is 9.99. The lowest BCUT2D eigenvalue weighted by Crippen LogP contribution is -2.40. The van der Waals surface area contributed by atoms with E-state index in [1.165, 1.54) is 4.31 Å². The summed E-state index contributed by atoms with van der Waals surface area (Å²) in [4.78, 5) is 11.2. The monoisotopic (exact) mass is 355 g/mol. The summed E-state index contributed by atoms with van der Waals surface area (Å²) >= 11 is 0. The first-order chi connectivity index (χ1) is 11.4. The fourth-order valence-corrected chi connectivity index (χ4v) is 4.21. The molecule has 0 atom stereocenters. The molecule has 0 bridgehead atoms. The molecule has 0 aliphatic carbocycles. The molecule has 0 spiro atoms. The lowest BCUT2D eigenvalue weighted by Gasteiger charge is -2.29. The van der Waals surface area contributed by atoms with E-state index in [1.54, 1.807) is 24.3 Å². The number of benzene rings is 1. The largest absolute Gasteiger partial charge is 0.494 e. The maximum atomic E-state index is 12.6. The number of hydrogen-bond donors (Lipinski definition) is 1. The maximum Gasteiger partial charge on any atom is 0.306 e. The number of nitrogens with zero attached hydrogens (tertiary/aromatic N) is 1. The number of unbranched alkanes of at least 4 members (excludes halogenated alkanes) is 2. The summed E-state index contributed by atoms with van der Waals surface area (Å²) < 4.78 is 32.2. The van der Waals surface area contributed by atoms with Crippen LogP contribution in [0.1, 0.15) is 39.0 Å². The van der Waals surface area contributed by atoms with Crippen LogP contribution in [0.25, 0.3) is 0 Å². The van der Waals surface area contributed by atoms with Crippen molar-refractivity contribution < 1.29 is 23.1 Å². The predicted octanol–water partition coefficient (Wildman–Crippen LogP) is 2.74. The average molecular weight is 355 g/mol. The second kappa shape index (κ2) is 8.48. The lowest BCUT2D eigenvalue weighted by molar-refractivity contribution is -0.142. The van der Waals surface area contributed by atoms with Crippen LogP contribution < -0.4 is 4.74 Å². The van der Waals surface area contributed by atoms with Gasteiger partial charge in [0.05, 0.1) is 17.4 Å². The summed E-state index contributed by atoms with van der Waals surface area (Å²) in [5, 5.41) is 9.00. The third kappa shape index (κ3) is 4.70. The van der Waals surface area contributed by atoms with Gasteiger partial charge in [-0.1, -0.05) is 19.8 Å². The Morgan fingerprint density at radius 2 is 1.83 bits per heavy atom. The molecule has 1 aliphatic heterocycles. The molecule has 2 rings (SSSR count). The van der Waals surface area contributed by atoms with E-state index in [0.29, 0.717) is 25.2 Å². The Morgan fingerprint density at radius 3 is 2.38 bits per heavy atom. The molecular weight excluding hydrogens is 330 g/mol. The predicted molar refractivity (Wildman–Crippen MR) is 90.6 cm³/mol. The number of carboxylic acid groups (broad SMARTS) is 1. The Labute approximate surface area is 143 Å². The average Bonchev–Trinajstić information content (AvgIpc) is 2.59. The number of aliphatic carboxylic acids is 1. The second-order valence-corrected chi connectivity index (χ2v) is 7.98. The highest BCUT2D eigenvalue weighted by atomic mass is 32.2. The molecule has 1 saturated heterocycles. The normalized spacial score (nSPS) is 16.9. The second-order valence-electron chi connectivity index (χ2n) is 6.04. The van der Waals surface area contributed by atoms with Gasteiger partial charge in [-0.05, 0) is 43.5 Å². The van der Waals surface area contributed by atoms with Crippen molar-refractivity contribution in [3.8, 4) is 5.75 Å². The first kappa shape index (κ1) is 18.7. The summed E-state index contributed by atoms with van der Waals surface area (Å²) in [6.45, 7) is 3.24. The zero-order valence-corrected chi connectivity index (χ0v) is 14.8. The number of carbonyl (C=O) groups is 1. The molecule has 1 aromatic carbocycles. The molecule has 0 radical (unpaired) electrons. The maximum absolute atomic E-state index is 12.6. The van der Waals surface area contributed by atoms with E-state index < -0.39 is 21.9 Å². The number of piperidine rings is 1. The fourth-order valence-electron chi connectivity index (χ4n) is 2.74. The van der Waals surface area contributed by atoms with Crippen LogP contribution in [-0.4, -0.2) is 43.5 Å². The highest BCUT2D eigenvalue weighted by Gasteiger charge is 2.31. The zero-order chi connectivity index (χ0) is 17.6. The molecule has 7 heteroatoms. The minimum atomic E-state index is -3.57. The van der Waals surface area contributed by atoms with Crippen LogP contribution in [0.4, 0.5) is 0 Å². The van der Waals surface area contributed by atoms with E-state index in [1.807, 2.05) is 0 Å². The summed E-state index contributed by atoms with van der Waals surface area (Å²) in [6, 6.07) is 6.44. The van der Waals surface area contributed by atoms with Crippen molar-refractivity contribution in [1.82, 2.24) is 4.31 Å². The van der Waals surface area contributed by atoms with Gasteiger partial charge in [0.2, 0.25) is 10.0 Å². The molecule has 6 nitrogen and oxygen atoms in total. The van der Waals surface area contributed by atoms with Crippen molar-refractivity contribution in [3.63, 3.8) is 0 Å². The Hall–Kier alpha value is -1.60. The molecule has 0 aromatic heterocycles. The Bertz CT molecular complexity index is 633. The molecule has 0 unspecified atom stereocenters. The van der Waals surface area contributed by atoms with Crippen LogP contribution in [-0.2, 0) is 14.8 Å². The molecule has 0 amide bonds. The van der Waals surface area contributed by atoms with E-state index >= 15 is 0 Å². The van der Waals surface area contributed by atoms with Crippen molar-refractivity contribution in [1.29, 1.82) is 0 Å². The van der Waals surface area contributed by atoms with E-state index in [4.69, 9.17) is 9.84 Å². The number of ether oxygens (including phenoxy) is 1. The van der Waals surface area contributed by atoms with Gasteiger partial charge in [0, 0.05) is 13.1 Å². The molecule has 0 saturated carbocycles. The molecule has 1 aromatic rings. The van der Waals surface area contributed by atoms with E-state index in [9.17, 15) is 13.2 Å². The number of carboxylic acids is 1. The summed E-state index contributed by atoms with van der Waals surface area (Å²) in [6.07, 6.45) is 3.92. The first-order valence-corrected chi connectivity index (χ1v) is 9.85. The molecule has 1 fully saturated rings. The standard InChI is InChI=1S/C17H25NO5S/c1-2-3-4-13-23-15-5-7-16(8-6-15)24(21,22)18-11-9-14(10-12-18)17(19)20/h5-8,14H,2-4,9-13H2,1H3,(H,19,20). The topological polar surface area (TPSA) is 83.9 Å².